The fourth-order valence-corrected chi connectivity index (χ4v) is 6.12. The Bertz CT molecular complexity index is 1800. The van der Waals surface area contributed by atoms with E-state index in [4.69, 9.17) is 47.1 Å². The molecule has 324 valence electrons. The molecule has 3 aromatic rings. The average molecular weight is 846 g/mol. The Morgan fingerprint density at radius 3 is 1.90 bits per heavy atom. The fraction of sp³-hybridized carbons (Fsp3) is 0.657. The number of carbonyl (C=O) groups excluding carboxylic acids is 2. The first-order chi connectivity index (χ1) is 28.2. The molecule has 0 aromatic carbocycles. The highest BCUT2D eigenvalue weighted by atomic mass is 35.5. The topological polar surface area (TPSA) is 272 Å². The Morgan fingerprint density at radius 2 is 1.36 bits per heavy atom. The molecule has 2 aliphatic rings. The van der Waals surface area contributed by atoms with Crippen LogP contribution in [0.15, 0.2) is 17.4 Å². The number of aliphatic hydroxyl groups is 1. The molecule has 59 heavy (non-hydrogen) atoms. The minimum Gasteiger partial charge on any atom is -0.393 e. The number of amides is 2. The van der Waals surface area contributed by atoms with Gasteiger partial charge in [-0.3, -0.25) is 14.6 Å². The maximum absolute atomic E-state index is 13.2. The monoisotopic (exact) mass is 845 g/mol. The molecule has 0 saturated carbocycles. The first-order valence-corrected chi connectivity index (χ1v) is 19.4. The van der Waals surface area contributed by atoms with E-state index in [0.717, 1.165) is 5.69 Å². The molecule has 2 saturated heterocycles. The van der Waals surface area contributed by atoms with E-state index < -0.39 is 6.10 Å². The molecule has 6 N–H and O–H groups in total. The highest BCUT2D eigenvalue weighted by Gasteiger charge is 2.27. The van der Waals surface area contributed by atoms with Crippen LogP contribution in [0.2, 0.25) is 0 Å². The number of ether oxygens (including phenoxy) is 3. The quantitative estimate of drug-likeness (QED) is 0.0330. The Hall–Kier alpha value is -5.41. The van der Waals surface area contributed by atoms with Gasteiger partial charge in [-0.2, -0.15) is 15.0 Å². The van der Waals surface area contributed by atoms with Gasteiger partial charge in [-0.25, -0.2) is 9.36 Å². The molecule has 0 bridgehead atoms. The molecule has 0 aliphatic carbocycles. The van der Waals surface area contributed by atoms with Crippen LogP contribution in [0.1, 0.15) is 24.7 Å². The van der Waals surface area contributed by atoms with Crippen LogP contribution in [0, 0.1) is 12.3 Å². The number of anilines is 3. The number of nitrogens with one attached hydrogen (secondary N) is 1. The standard InChI is InChI=1S/C35H55N17O6.ClH/c1-3-16-56-18-20-58-21-19-57-17-7-39-33-40-34(49-12-8-47(9-13-49)30(54)25-51-23-28(43-45-51)5-4-6-38-32(36)37)42-35(41-33)50-14-10-48(11-15-50)31(55)26-52-24-29(44-46-52)22-27(2)53;/h1,23-24,27,53H,4-22,25-26H2,2H3,(H4,36,37,38)(H,39,40,41,42);1H. The van der Waals surface area contributed by atoms with Crippen molar-refractivity contribution in [1.82, 2.24) is 54.7 Å². The Morgan fingerprint density at radius 1 is 0.831 bits per heavy atom. The van der Waals surface area contributed by atoms with Gasteiger partial charge >= 0.3 is 0 Å². The molecule has 2 amide bonds. The normalized spacial score (nSPS) is 14.7. The lowest BCUT2D eigenvalue weighted by atomic mass is 10.2. The first kappa shape index (κ1) is 46.3. The SMILES string of the molecule is C#CCOCCOCCOCCNc1nc(N2CCN(C(=O)Cn3cc(CCCN=C(N)N)nn3)CC2)nc(N2CCN(C(=O)Cn3cc(CC(C)O)nn3)CC2)n1.Cl. The number of hydrogen-bond donors (Lipinski definition) is 4. The number of piperazine rings is 2. The summed E-state index contributed by atoms with van der Waals surface area (Å²) < 4.78 is 19.4. The van der Waals surface area contributed by atoms with Gasteiger partial charge in [-0.05, 0) is 19.8 Å². The number of aromatic nitrogens is 9. The average Bonchev–Trinajstić information content (AvgIpc) is 3.86. The predicted molar refractivity (Wildman–Crippen MR) is 219 cm³/mol. The third-order valence-corrected chi connectivity index (χ3v) is 9.06. The van der Waals surface area contributed by atoms with E-state index in [9.17, 15) is 14.7 Å². The zero-order chi connectivity index (χ0) is 41.1. The number of aryl methyl sites for hydroxylation is 1. The molecule has 5 heterocycles. The number of halogens is 1. The van der Waals surface area contributed by atoms with Gasteiger partial charge in [0.05, 0.1) is 50.5 Å². The molecule has 24 heteroatoms. The number of hydrogen-bond acceptors (Lipinski definition) is 17. The van der Waals surface area contributed by atoms with Crippen LogP contribution in [0.4, 0.5) is 17.8 Å². The molecular formula is C35H56ClN17O6. The van der Waals surface area contributed by atoms with Crippen molar-refractivity contribution in [2.75, 3.05) is 120 Å². The second-order valence-electron chi connectivity index (χ2n) is 13.7. The molecule has 0 spiro atoms. The second kappa shape index (κ2) is 24.5. The largest absolute Gasteiger partial charge is 0.393 e. The van der Waals surface area contributed by atoms with E-state index in [1.54, 1.807) is 33.8 Å². The highest BCUT2D eigenvalue weighted by Crippen LogP contribution is 2.20. The zero-order valence-corrected chi connectivity index (χ0v) is 34.3. The fourth-order valence-electron chi connectivity index (χ4n) is 6.12. The number of guanidine groups is 1. The van der Waals surface area contributed by atoms with Crippen LogP contribution in [0.25, 0.3) is 0 Å². The van der Waals surface area contributed by atoms with Gasteiger partial charge in [0.25, 0.3) is 0 Å². The summed E-state index contributed by atoms with van der Waals surface area (Å²) in [5, 5.41) is 29.3. The Kier molecular flexibility index (Phi) is 19.2. The lowest BCUT2D eigenvalue weighted by Crippen LogP contribution is -2.51. The maximum Gasteiger partial charge on any atom is 0.244 e. The molecule has 0 radical (unpaired) electrons. The van der Waals surface area contributed by atoms with E-state index in [2.05, 4.69) is 36.9 Å². The summed E-state index contributed by atoms with van der Waals surface area (Å²) in [6, 6.07) is 0. The van der Waals surface area contributed by atoms with Crippen molar-refractivity contribution in [3.05, 3.63) is 23.8 Å². The van der Waals surface area contributed by atoms with E-state index in [-0.39, 0.29) is 49.9 Å². The van der Waals surface area contributed by atoms with E-state index in [0.29, 0.717) is 141 Å². The maximum atomic E-state index is 13.2. The minimum absolute atomic E-state index is 0. The van der Waals surface area contributed by atoms with Crippen molar-refractivity contribution in [3.8, 4) is 12.3 Å². The molecule has 23 nitrogen and oxygen atoms in total. The van der Waals surface area contributed by atoms with Gasteiger partial charge in [0.15, 0.2) is 5.96 Å². The number of rotatable bonds is 23. The van der Waals surface area contributed by atoms with Gasteiger partial charge in [0.2, 0.25) is 29.7 Å². The summed E-state index contributed by atoms with van der Waals surface area (Å²) in [4.78, 5) is 52.3. The van der Waals surface area contributed by atoms with Gasteiger partial charge in [0, 0.05) is 84.3 Å². The van der Waals surface area contributed by atoms with Crippen LogP contribution < -0.4 is 26.6 Å². The van der Waals surface area contributed by atoms with Crippen molar-refractivity contribution in [1.29, 1.82) is 0 Å². The van der Waals surface area contributed by atoms with Crippen LogP contribution in [-0.2, 0) is 49.7 Å². The van der Waals surface area contributed by atoms with E-state index >= 15 is 0 Å². The number of aliphatic hydroxyl groups excluding tert-OH is 1. The van der Waals surface area contributed by atoms with Gasteiger partial charge in [0.1, 0.15) is 19.7 Å². The van der Waals surface area contributed by atoms with Crippen molar-refractivity contribution >= 4 is 48.0 Å². The number of aliphatic imine (C=N–C) groups is 1. The summed E-state index contributed by atoms with van der Waals surface area (Å²) in [5.74, 6) is 3.69. The lowest BCUT2D eigenvalue weighted by molar-refractivity contribution is -0.133. The van der Waals surface area contributed by atoms with Crippen molar-refractivity contribution in [3.63, 3.8) is 0 Å². The van der Waals surface area contributed by atoms with Crippen LogP contribution >= 0.6 is 12.4 Å². The van der Waals surface area contributed by atoms with Crippen molar-refractivity contribution < 1.29 is 28.9 Å². The molecule has 2 aliphatic heterocycles. The second-order valence-corrected chi connectivity index (χ2v) is 13.7. The number of nitrogens with two attached hydrogens (primary N) is 2. The molecule has 1 atom stereocenters. The smallest absolute Gasteiger partial charge is 0.244 e. The summed E-state index contributed by atoms with van der Waals surface area (Å²) in [5.41, 5.74) is 12.2. The molecule has 1 unspecified atom stereocenters. The number of carbonyl (C=O) groups is 2. The summed E-state index contributed by atoms with van der Waals surface area (Å²) >= 11 is 0. The summed E-state index contributed by atoms with van der Waals surface area (Å²) in [6.45, 7) is 9.04. The van der Waals surface area contributed by atoms with Crippen molar-refractivity contribution in [2.24, 2.45) is 16.5 Å². The van der Waals surface area contributed by atoms with Gasteiger partial charge < -0.3 is 55.7 Å². The Balaban J connectivity index is 0.00000769. The molecule has 5 rings (SSSR count). The lowest BCUT2D eigenvalue weighted by Gasteiger charge is -2.36. The van der Waals surface area contributed by atoms with E-state index in [1.807, 2.05) is 9.80 Å². The first-order valence-electron chi connectivity index (χ1n) is 19.4. The molecule has 2 fully saturated rings. The molecule has 3 aromatic heterocycles. The third kappa shape index (κ3) is 15.7. The van der Waals surface area contributed by atoms with Gasteiger partial charge in [-0.1, -0.05) is 16.3 Å². The number of nitrogens with zero attached hydrogens (tertiary/aromatic N) is 14. The zero-order valence-electron chi connectivity index (χ0n) is 33.5. The predicted octanol–water partition coefficient (Wildman–Crippen LogP) is -2.60. The Labute approximate surface area is 349 Å². The van der Waals surface area contributed by atoms with Crippen LogP contribution in [0.5, 0.6) is 0 Å². The minimum atomic E-state index is -0.546. The van der Waals surface area contributed by atoms with Crippen LogP contribution in [-0.4, -0.2) is 189 Å². The highest BCUT2D eigenvalue weighted by molar-refractivity contribution is 5.85. The summed E-state index contributed by atoms with van der Waals surface area (Å²) in [6.07, 6.45) is 9.80. The van der Waals surface area contributed by atoms with E-state index in [1.165, 1.54) is 4.68 Å². The third-order valence-electron chi connectivity index (χ3n) is 9.06. The van der Waals surface area contributed by atoms with Crippen molar-refractivity contribution in [2.45, 2.75) is 45.4 Å². The van der Waals surface area contributed by atoms with Crippen LogP contribution in [0.3, 0.4) is 0 Å². The number of terminal acetylenes is 1. The summed E-state index contributed by atoms with van der Waals surface area (Å²) in [7, 11) is 0. The molecular weight excluding hydrogens is 790 g/mol. The van der Waals surface area contributed by atoms with Gasteiger partial charge in [-0.15, -0.1) is 29.0 Å².